The monoisotopic (exact) mass is 251 g/mol. The third-order valence-electron chi connectivity index (χ3n) is 2.88. The second-order valence-electron chi connectivity index (χ2n) is 4.25. The zero-order chi connectivity index (χ0) is 12.5. The summed E-state index contributed by atoms with van der Waals surface area (Å²) in [6, 6.07) is 0.171. The van der Waals surface area contributed by atoms with Crippen molar-refractivity contribution >= 4 is 11.2 Å². The lowest BCUT2D eigenvalue weighted by molar-refractivity contribution is 0.0765. The van der Waals surface area contributed by atoms with Crippen LogP contribution >= 0.6 is 0 Å². The first-order valence-corrected chi connectivity index (χ1v) is 5.75. The third-order valence-corrected chi connectivity index (χ3v) is 2.88. The fourth-order valence-corrected chi connectivity index (χ4v) is 2.06. The van der Waals surface area contributed by atoms with Gasteiger partial charge in [-0.1, -0.05) is 0 Å². The molecule has 3 heterocycles. The maximum atomic E-state index is 11.5. The molecule has 18 heavy (non-hydrogen) atoms. The Balaban J connectivity index is 1.91. The molecule has 1 aliphatic heterocycles. The Hall–Kier alpha value is -1.93. The summed E-state index contributed by atoms with van der Waals surface area (Å²) in [7, 11) is 0. The van der Waals surface area contributed by atoms with Gasteiger partial charge >= 0.3 is 5.69 Å². The van der Waals surface area contributed by atoms with E-state index in [-0.39, 0.29) is 11.7 Å². The van der Waals surface area contributed by atoms with E-state index in [2.05, 4.69) is 25.3 Å². The summed E-state index contributed by atoms with van der Waals surface area (Å²) in [5, 5.41) is 3.30. The number of fused-ring (bicyclic) bond motifs is 1. The number of ether oxygens (including phenoxy) is 1. The molecular formula is C10H13N5O3. The van der Waals surface area contributed by atoms with Gasteiger partial charge < -0.3 is 15.0 Å². The first-order chi connectivity index (χ1) is 8.72. The predicted octanol–water partition coefficient (Wildman–Crippen LogP) is -1.53. The van der Waals surface area contributed by atoms with Gasteiger partial charge in [0.2, 0.25) is 0 Å². The Morgan fingerprint density at radius 2 is 2.17 bits per heavy atom. The van der Waals surface area contributed by atoms with Crippen LogP contribution in [-0.2, 0) is 11.2 Å². The van der Waals surface area contributed by atoms with E-state index >= 15 is 0 Å². The van der Waals surface area contributed by atoms with Gasteiger partial charge in [0.1, 0.15) is 11.3 Å². The summed E-state index contributed by atoms with van der Waals surface area (Å²) < 4.78 is 5.34. The number of aromatic nitrogens is 4. The Labute approximate surface area is 101 Å². The molecular weight excluding hydrogens is 238 g/mol. The van der Waals surface area contributed by atoms with Crippen molar-refractivity contribution in [3.8, 4) is 0 Å². The van der Waals surface area contributed by atoms with E-state index in [9.17, 15) is 9.59 Å². The van der Waals surface area contributed by atoms with Gasteiger partial charge in [0.15, 0.2) is 5.65 Å². The Bertz CT molecular complexity index is 664. The molecule has 8 nitrogen and oxygen atoms in total. The van der Waals surface area contributed by atoms with Gasteiger partial charge in [-0.3, -0.25) is 14.8 Å². The maximum absolute atomic E-state index is 11.5. The Morgan fingerprint density at radius 1 is 1.28 bits per heavy atom. The summed E-state index contributed by atoms with van der Waals surface area (Å²) in [5.41, 5.74) is -0.429. The molecule has 1 atom stereocenters. The van der Waals surface area contributed by atoms with E-state index in [1.165, 1.54) is 0 Å². The fourth-order valence-electron chi connectivity index (χ4n) is 2.06. The van der Waals surface area contributed by atoms with Crippen LogP contribution in [0.5, 0.6) is 0 Å². The minimum Gasteiger partial charge on any atom is -0.379 e. The van der Waals surface area contributed by atoms with Crippen LogP contribution in [0.1, 0.15) is 5.82 Å². The van der Waals surface area contributed by atoms with Crippen LogP contribution in [0.4, 0.5) is 0 Å². The van der Waals surface area contributed by atoms with E-state index in [0.717, 1.165) is 6.54 Å². The number of hydrogen-bond acceptors (Lipinski definition) is 5. The molecule has 0 saturated carbocycles. The average Bonchev–Trinajstić information content (AvgIpc) is 2.73. The molecule has 1 saturated heterocycles. The summed E-state index contributed by atoms with van der Waals surface area (Å²) in [4.78, 5) is 34.4. The molecule has 1 fully saturated rings. The molecule has 8 heteroatoms. The van der Waals surface area contributed by atoms with Gasteiger partial charge in [-0.15, -0.1) is 0 Å². The number of imidazole rings is 1. The second-order valence-corrected chi connectivity index (χ2v) is 4.25. The Kier molecular flexibility index (Phi) is 2.73. The van der Waals surface area contributed by atoms with Crippen molar-refractivity contribution < 1.29 is 4.74 Å². The highest BCUT2D eigenvalue weighted by molar-refractivity contribution is 5.68. The van der Waals surface area contributed by atoms with Crippen molar-refractivity contribution in [3.05, 3.63) is 26.7 Å². The van der Waals surface area contributed by atoms with E-state index in [0.29, 0.717) is 31.0 Å². The molecule has 4 N–H and O–H groups in total. The van der Waals surface area contributed by atoms with E-state index in [1.54, 1.807) is 0 Å². The molecule has 0 aromatic carbocycles. The van der Waals surface area contributed by atoms with Crippen LogP contribution < -0.4 is 16.6 Å². The number of aromatic amines is 3. The van der Waals surface area contributed by atoms with Crippen molar-refractivity contribution in [3.63, 3.8) is 0 Å². The van der Waals surface area contributed by atoms with E-state index < -0.39 is 11.2 Å². The van der Waals surface area contributed by atoms with Gasteiger partial charge in [-0.25, -0.2) is 9.78 Å². The molecule has 0 radical (unpaired) electrons. The van der Waals surface area contributed by atoms with Crippen molar-refractivity contribution in [2.24, 2.45) is 0 Å². The van der Waals surface area contributed by atoms with Crippen molar-refractivity contribution in [1.82, 2.24) is 25.3 Å². The molecule has 96 valence electrons. The minimum atomic E-state index is -0.551. The molecule has 0 aliphatic carbocycles. The van der Waals surface area contributed by atoms with E-state index in [4.69, 9.17) is 4.74 Å². The van der Waals surface area contributed by atoms with Crippen molar-refractivity contribution in [1.29, 1.82) is 0 Å². The summed E-state index contributed by atoms with van der Waals surface area (Å²) in [6.07, 6.45) is 0.621. The number of morpholine rings is 1. The smallest absolute Gasteiger partial charge is 0.327 e. The van der Waals surface area contributed by atoms with Crippen LogP contribution in [0.3, 0.4) is 0 Å². The van der Waals surface area contributed by atoms with Crippen LogP contribution in [0, 0.1) is 0 Å². The molecule has 2 aromatic heterocycles. The summed E-state index contributed by atoms with van der Waals surface area (Å²) in [6.45, 7) is 2.13. The first kappa shape index (κ1) is 11.2. The molecule has 2 aromatic rings. The van der Waals surface area contributed by atoms with Gasteiger partial charge in [-0.05, 0) is 0 Å². The van der Waals surface area contributed by atoms with Gasteiger partial charge in [0, 0.05) is 19.0 Å². The summed E-state index contributed by atoms with van der Waals surface area (Å²) >= 11 is 0. The quantitative estimate of drug-likeness (QED) is 0.517. The second kappa shape index (κ2) is 4.39. The van der Waals surface area contributed by atoms with Crippen LogP contribution in [0.2, 0.25) is 0 Å². The fraction of sp³-hybridized carbons (Fsp3) is 0.500. The van der Waals surface area contributed by atoms with Gasteiger partial charge in [0.05, 0.1) is 13.2 Å². The number of nitrogens with zero attached hydrogens (tertiary/aromatic N) is 1. The SMILES string of the molecule is O=c1[nH]c(=O)c2[nH]c(CC3COCCN3)nc2[nH]1. The normalized spacial score (nSPS) is 20.3. The zero-order valence-electron chi connectivity index (χ0n) is 9.58. The highest BCUT2D eigenvalue weighted by Gasteiger charge is 2.16. The van der Waals surface area contributed by atoms with Crippen LogP contribution in [0.25, 0.3) is 11.2 Å². The lowest BCUT2D eigenvalue weighted by atomic mass is 10.2. The van der Waals surface area contributed by atoms with Crippen LogP contribution in [-0.4, -0.2) is 45.7 Å². The van der Waals surface area contributed by atoms with E-state index in [1.807, 2.05) is 0 Å². The average molecular weight is 251 g/mol. The molecule has 0 amide bonds. The minimum absolute atomic E-state index is 0.171. The number of hydrogen-bond donors (Lipinski definition) is 4. The van der Waals surface area contributed by atoms with Crippen LogP contribution in [0.15, 0.2) is 9.59 Å². The largest absolute Gasteiger partial charge is 0.379 e. The predicted molar refractivity (Wildman–Crippen MR) is 63.6 cm³/mol. The highest BCUT2D eigenvalue weighted by atomic mass is 16.5. The first-order valence-electron chi connectivity index (χ1n) is 5.75. The molecule has 0 spiro atoms. The number of rotatable bonds is 2. The van der Waals surface area contributed by atoms with Gasteiger partial charge in [-0.2, -0.15) is 0 Å². The third kappa shape index (κ3) is 2.07. The zero-order valence-corrected chi connectivity index (χ0v) is 9.58. The lowest BCUT2D eigenvalue weighted by Crippen LogP contribution is -2.42. The van der Waals surface area contributed by atoms with Gasteiger partial charge in [0.25, 0.3) is 5.56 Å². The molecule has 1 aliphatic rings. The lowest BCUT2D eigenvalue weighted by Gasteiger charge is -2.22. The molecule has 0 bridgehead atoms. The number of H-pyrrole nitrogens is 3. The topological polar surface area (TPSA) is 116 Å². The summed E-state index contributed by atoms with van der Waals surface area (Å²) in [5.74, 6) is 0.653. The Morgan fingerprint density at radius 3 is 2.94 bits per heavy atom. The highest BCUT2D eigenvalue weighted by Crippen LogP contribution is 2.05. The molecule has 1 unspecified atom stereocenters. The van der Waals surface area contributed by atoms with Crippen molar-refractivity contribution in [2.45, 2.75) is 12.5 Å². The molecule has 3 rings (SSSR count). The number of nitrogens with one attached hydrogen (secondary N) is 4. The maximum Gasteiger partial charge on any atom is 0.327 e. The standard InChI is InChI=1S/C10H13N5O3/c16-9-7-8(14-10(17)15-9)13-6(12-7)3-5-4-18-2-1-11-5/h5,11H,1-4H2,(H3,12,13,14,15,16,17). The van der Waals surface area contributed by atoms with Crippen molar-refractivity contribution in [2.75, 3.05) is 19.8 Å².